The average Bonchev–Trinajstić information content (AvgIpc) is 2.96. The van der Waals surface area contributed by atoms with Crippen LogP contribution >= 0.6 is 11.8 Å². The van der Waals surface area contributed by atoms with Gasteiger partial charge in [0.05, 0.1) is 29.4 Å². The first-order chi connectivity index (χ1) is 14.5. The third kappa shape index (κ3) is 4.70. The van der Waals surface area contributed by atoms with Gasteiger partial charge in [0.1, 0.15) is 11.5 Å². The molecule has 0 bridgehead atoms. The van der Waals surface area contributed by atoms with E-state index in [-0.39, 0.29) is 17.1 Å². The summed E-state index contributed by atoms with van der Waals surface area (Å²) in [4.78, 5) is 28.4. The van der Waals surface area contributed by atoms with Crippen LogP contribution in [0.4, 0.5) is 5.69 Å². The van der Waals surface area contributed by atoms with Gasteiger partial charge in [-0.05, 0) is 43.2 Å². The van der Waals surface area contributed by atoms with Crippen LogP contribution in [0.5, 0.6) is 11.5 Å². The molecule has 0 unspecified atom stereocenters. The lowest BCUT2D eigenvalue weighted by Crippen LogP contribution is -2.31. The molecular formula is C24H27NO4S. The second-order valence-electron chi connectivity index (χ2n) is 7.12. The summed E-state index contributed by atoms with van der Waals surface area (Å²) in [6.07, 6.45) is 0.921. The van der Waals surface area contributed by atoms with Crippen LogP contribution in [0.25, 0.3) is 5.57 Å². The molecule has 1 aliphatic rings. The Morgan fingerprint density at radius 2 is 1.67 bits per heavy atom. The van der Waals surface area contributed by atoms with Crippen molar-refractivity contribution in [2.24, 2.45) is 0 Å². The minimum Gasteiger partial charge on any atom is -0.494 e. The molecule has 3 rings (SSSR count). The first kappa shape index (κ1) is 22.0. The number of ether oxygens (including phenoxy) is 2. The van der Waals surface area contributed by atoms with Crippen molar-refractivity contribution in [1.82, 2.24) is 0 Å². The number of hydrogen-bond donors (Lipinski definition) is 0. The van der Waals surface area contributed by atoms with Crippen molar-refractivity contribution in [2.75, 3.05) is 18.1 Å². The first-order valence-corrected chi connectivity index (χ1v) is 11.1. The lowest BCUT2D eigenvalue weighted by atomic mass is 10.1. The van der Waals surface area contributed by atoms with Gasteiger partial charge in [-0.1, -0.05) is 39.0 Å². The second kappa shape index (κ2) is 9.85. The Balaban J connectivity index is 1.99. The van der Waals surface area contributed by atoms with E-state index in [9.17, 15) is 9.59 Å². The number of carbonyl (C=O) groups is 2. The number of carbonyl (C=O) groups excluding carboxylic acids is 2. The number of rotatable bonds is 9. The molecule has 5 nitrogen and oxygen atoms in total. The van der Waals surface area contributed by atoms with Crippen molar-refractivity contribution < 1.29 is 19.1 Å². The summed E-state index contributed by atoms with van der Waals surface area (Å²) in [6, 6.07) is 14.4. The standard InChI is InChI=1S/C24H27NO4S/c1-5-14-29-19-12-10-17(11-13-19)21-22(30-16(3)4)24(27)25(23(21)26)18-8-7-9-20(15-18)28-6-2/h7-13,15-16H,5-6,14H2,1-4H3. The van der Waals surface area contributed by atoms with Crippen LogP contribution in [0.3, 0.4) is 0 Å². The number of thioether (sulfide) groups is 1. The summed E-state index contributed by atoms with van der Waals surface area (Å²) in [5.41, 5.74) is 1.65. The second-order valence-corrected chi connectivity index (χ2v) is 8.71. The van der Waals surface area contributed by atoms with Crippen molar-refractivity contribution in [2.45, 2.75) is 39.4 Å². The van der Waals surface area contributed by atoms with Crippen LogP contribution in [0.2, 0.25) is 0 Å². The highest BCUT2D eigenvalue weighted by atomic mass is 32.2. The number of anilines is 1. The van der Waals surface area contributed by atoms with Crippen molar-refractivity contribution in [3.05, 3.63) is 59.0 Å². The fourth-order valence-electron chi connectivity index (χ4n) is 3.16. The Labute approximate surface area is 182 Å². The molecule has 0 aliphatic carbocycles. The molecule has 0 N–H and O–H groups in total. The van der Waals surface area contributed by atoms with E-state index >= 15 is 0 Å². The van der Waals surface area contributed by atoms with Crippen LogP contribution in [0.1, 0.15) is 39.7 Å². The van der Waals surface area contributed by atoms with E-state index in [0.29, 0.717) is 40.7 Å². The van der Waals surface area contributed by atoms with Crippen molar-refractivity contribution in [3.63, 3.8) is 0 Å². The Morgan fingerprint density at radius 1 is 0.933 bits per heavy atom. The molecule has 0 radical (unpaired) electrons. The molecule has 30 heavy (non-hydrogen) atoms. The first-order valence-electron chi connectivity index (χ1n) is 10.2. The van der Waals surface area contributed by atoms with Gasteiger partial charge in [-0.25, -0.2) is 4.90 Å². The Hall–Kier alpha value is -2.73. The smallest absolute Gasteiger partial charge is 0.272 e. The van der Waals surface area contributed by atoms with E-state index in [2.05, 4.69) is 0 Å². The highest BCUT2D eigenvalue weighted by Gasteiger charge is 2.40. The summed E-state index contributed by atoms with van der Waals surface area (Å²) < 4.78 is 11.2. The summed E-state index contributed by atoms with van der Waals surface area (Å²) in [7, 11) is 0. The van der Waals surface area contributed by atoms with Crippen LogP contribution in [0.15, 0.2) is 53.4 Å². The number of nitrogens with zero attached hydrogens (tertiary/aromatic N) is 1. The molecule has 2 aromatic carbocycles. The zero-order chi connectivity index (χ0) is 21.7. The average molecular weight is 426 g/mol. The zero-order valence-electron chi connectivity index (χ0n) is 17.8. The Morgan fingerprint density at radius 3 is 2.30 bits per heavy atom. The molecule has 1 aliphatic heterocycles. The van der Waals surface area contributed by atoms with Gasteiger partial charge in [0.2, 0.25) is 0 Å². The van der Waals surface area contributed by atoms with Crippen LogP contribution in [-0.4, -0.2) is 30.3 Å². The van der Waals surface area contributed by atoms with E-state index in [1.54, 1.807) is 18.2 Å². The van der Waals surface area contributed by atoms with Crippen molar-refractivity contribution in [3.8, 4) is 11.5 Å². The molecule has 0 saturated carbocycles. The monoisotopic (exact) mass is 425 g/mol. The van der Waals surface area contributed by atoms with E-state index in [1.165, 1.54) is 16.7 Å². The molecule has 0 spiro atoms. The summed E-state index contributed by atoms with van der Waals surface area (Å²) >= 11 is 1.41. The molecular weight excluding hydrogens is 398 g/mol. The van der Waals surface area contributed by atoms with E-state index < -0.39 is 0 Å². The number of amides is 2. The molecule has 158 valence electrons. The van der Waals surface area contributed by atoms with Gasteiger partial charge in [-0.3, -0.25) is 9.59 Å². The molecule has 0 saturated heterocycles. The Kier molecular flexibility index (Phi) is 7.21. The lowest BCUT2D eigenvalue weighted by Gasteiger charge is -2.16. The highest BCUT2D eigenvalue weighted by Crippen LogP contribution is 2.40. The molecule has 6 heteroatoms. The van der Waals surface area contributed by atoms with Gasteiger partial charge in [-0.15, -0.1) is 11.8 Å². The topological polar surface area (TPSA) is 55.8 Å². The van der Waals surface area contributed by atoms with E-state index in [0.717, 1.165) is 12.2 Å². The predicted molar refractivity (Wildman–Crippen MR) is 122 cm³/mol. The maximum Gasteiger partial charge on any atom is 0.272 e. The lowest BCUT2D eigenvalue weighted by molar-refractivity contribution is -0.119. The number of hydrogen-bond acceptors (Lipinski definition) is 5. The van der Waals surface area contributed by atoms with Gasteiger partial charge in [0.25, 0.3) is 11.8 Å². The third-order valence-corrected chi connectivity index (χ3v) is 5.48. The fraction of sp³-hybridized carbons (Fsp3) is 0.333. The number of benzene rings is 2. The molecule has 2 amide bonds. The van der Waals surface area contributed by atoms with E-state index in [4.69, 9.17) is 9.47 Å². The minimum atomic E-state index is -0.320. The largest absolute Gasteiger partial charge is 0.494 e. The van der Waals surface area contributed by atoms with Gasteiger partial charge in [0, 0.05) is 11.3 Å². The third-order valence-electron chi connectivity index (χ3n) is 4.40. The van der Waals surface area contributed by atoms with Crippen LogP contribution < -0.4 is 14.4 Å². The fourth-order valence-corrected chi connectivity index (χ4v) is 4.15. The van der Waals surface area contributed by atoms with Gasteiger partial charge in [0.15, 0.2) is 0 Å². The summed E-state index contributed by atoms with van der Waals surface area (Å²) in [5, 5.41) is 0.161. The molecule has 1 heterocycles. The molecule has 0 atom stereocenters. The van der Waals surface area contributed by atoms with Gasteiger partial charge >= 0.3 is 0 Å². The maximum absolute atomic E-state index is 13.4. The predicted octanol–water partition coefficient (Wildman–Crippen LogP) is 5.30. The van der Waals surface area contributed by atoms with Gasteiger partial charge < -0.3 is 9.47 Å². The SMILES string of the molecule is CCCOc1ccc(C2=C(SC(C)C)C(=O)N(c3cccc(OCC)c3)C2=O)cc1. The normalized spacial score (nSPS) is 14.1. The maximum atomic E-state index is 13.4. The van der Waals surface area contributed by atoms with Crippen molar-refractivity contribution >= 4 is 34.8 Å². The van der Waals surface area contributed by atoms with Crippen LogP contribution in [0, 0.1) is 0 Å². The molecule has 0 aromatic heterocycles. The summed E-state index contributed by atoms with van der Waals surface area (Å²) in [6.45, 7) is 9.10. The molecule has 2 aromatic rings. The van der Waals surface area contributed by atoms with Gasteiger partial charge in [-0.2, -0.15) is 0 Å². The van der Waals surface area contributed by atoms with Crippen molar-refractivity contribution in [1.29, 1.82) is 0 Å². The number of imide groups is 1. The van der Waals surface area contributed by atoms with Crippen LogP contribution in [-0.2, 0) is 9.59 Å². The minimum absolute atomic E-state index is 0.161. The zero-order valence-corrected chi connectivity index (χ0v) is 18.6. The Bertz CT molecular complexity index is 950. The molecule has 0 fully saturated rings. The quantitative estimate of drug-likeness (QED) is 0.510. The highest BCUT2D eigenvalue weighted by molar-refractivity contribution is 8.04. The summed E-state index contributed by atoms with van der Waals surface area (Å²) in [5.74, 6) is 0.754. The van der Waals surface area contributed by atoms with E-state index in [1.807, 2.05) is 58.0 Å².